The first-order chi connectivity index (χ1) is 15.2. The highest BCUT2D eigenvalue weighted by Crippen LogP contribution is 2.29. The average molecular weight is 366 g/mol. The maximum Gasteiger partial charge on any atom is 0.231 e. The van der Waals surface area contributed by atoms with E-state index < -0.39 is 13.7 Å². The predicted molar refractivity (Wildman–Crippen MR) is 110 cm³/mol. The van der Waals surface area contributed by atoms with Gasteiger partial charge in [-0.05, 0) is 52.2 Å². The van der Waals surface area contributed by atoms with Crippen LogP contribution in [0.15, 0.2) is 36.4 Å². The van der Waals surface area contributed by atoms with E-state index in [0.717, 1.165) is 33.9 Å². The van der Waals surface area contributed by atoms with E-state index in [4.69, 9.17) is 8.22 Å². The fourth-order valence-corrected chi connectivity index (χ4v) is 3.91. The summed E-state index contributed by atoms with van der Waals surface area (Å²) in [7, 11) is 3.82. The van der Waals surface area contributed by atoms with Crippen LogP contribution >= 0.6 is 0 Å². The van der Waals surface area contributed by atoms with Gasteiger partial charge in [-0.2, -0.15) is 4.57 Å². The van der Waals surface area contributed by atoms with Crippen molar-refractivity contribution in [2.45, 2.75) is 34.5 Å². The molecule has 0 aliphatic rings. The lowest BCUT2D eigenvalue weighted by Crippen LogP contribution is -2.34. The van der Waals surface area contributed by atoms with Crippen LogP contribution in [0.25, 0.3) is 28.4 Å². The molecule has 0 saturated carbocycles. The van der Waals surface area contributed by atoms with Crippen molar-refractivity contribution >= 4 is 5.78 Å². The van der Waals surface area contributed by atoms with Gasteiger partial charge in [0.2, 0.25) is 17.2 Å². The molecule has 0 aliphatic carbocycles. The van der Waals surface area contributed by atoms with E-state index in [9.17, 15) is 0 Å². The Morgan fingerprint density at radius 2 is 1.78 bits per heavy atom. The van der Waals surface area contributed by atoms with E-state index >= 15 is 0 Å². The van der Waals surface area contributed by atoms with Gasteiger partial charge in [-0.3, -0.25) is 4.40 Å². The molecule has 4 nitrogen and oxygen atoms in total. The molecule has 0 aliphatic heterocycles. The van der Waals surface area contributed by atoms with Crippen molar-refractivity contribution < 1.29 is 12.8 Å². The molecule has 138 valence electrons. The molecule has 0 saturated heterocycles. The number of pyridine rings is 1. The summed E-state index contributed by atoms with van der Waals surface area (Å²) in [6.07, 6.45) is 0. The van der Waals surface area contributed by atoms with Crippen LogP contribution in [0, 0.1) is 34.5 Å². The minimum Gasteiger partial charge on any atom is -0.308 e. The Balaban J connectivity index is 1.95. The van der Waals surface area contributed by atoms with Crippen LogP contribution in [0.3, 0.4) is 0 Å². The SMILES string of the molecule is [2H]C([2H])([2H])c1ccc(C)c(-c2cccc(-c3c(C)n4c(C)c(C([2H])([2H])[2H])nc4n3C)[n+]2C)c1. The molecule has 0 radical (unpaired) electrons. The van der Waals surface area contributed by atoms with E-state index in [1.165, 1.54) is 0 Å². The third-order valence-corrected chi connectivity index (χ3v) is 5.39. The zero-order valence-electron chi connectivity index (χ0n) is 22.3. The van der Waals surface area contributed by atoms with Crippen LogP contribution in [0.2, 0.25) is 0 Å². The highest BCUT2D eigenvalue weighted by molar-refractivity contribution is 5.66. The average Bonchev–Trinajstić information content (AvgIpc) is 3.17. The van der Waals surface area contributed by atoms with Gasteiger partial charge in [0, 0.05) is 38.7 Å². The normalized spacial score (nSPS) is 15.7. The summed E-state index contributed by atoms with van der Waals surface area (Å²) in [5.41, 5.74) is 6.43. The summed E-state index contributed by atoms with van der Waals surface area (Å²) >= 11 is 0. The van der Waals surface area contributed by atoms with Gasteiger partial charge < -0.3 is 4.57 Å². The van der Waals surface area contributed by atoms with Crippen molar-refractivity contribution in [1.82, 2.24) is 14.0 Å². The first-order valence-electron chi connectivity index (χ1n) is 11.9. The molecular weight excluding hydrogens is 332 g/mol. The first kappa shape index (κ1) is 11.8. The topological polar surface area (TPSA) is 26.1 Å². The summed E-state index contributed by atoms with van der Waals surface area (Å²) < 4.78 is 52.5. The number of aromatic nitrogens is 4. The monoisotopic (exact) mass is 365 g/mol. The summed E-state index contributed by atoms with van der Waals surface area (Å²) in [4.78, 5) is 4.44. The van der Waals surface area contributed by atoms with E-state index in [0.29, 0.717) is 17.0 Å². The van der Waals surface area contributed by atoms with Crippen molar-refractivity contribution in [2.75, 3.05) is 0 Å². The number of aryl methyl sites for hydroxylation is 6. The van der Waals surface area contributed by atoms with Gasteiger partial charge >= 0.3 is 0 Å². The number of rotatable bonds is 2. The fraction of sp³-hybridized carbons (Fsp3) is 0.304. The van der Waals surface area contributed by atoms with Gasteiger partial charge in [-0.1, -0.05) is 17.7 Å². The smallest absolute Gasteiger partial charge is 0.231 e. The van der Waals surface area contributed by atoms with Gasteiger partial charge in [0.05, 0.1) is 11.4 Å². The molecule has 0 bridgehead atoms. The van der Waals surface area contributed by atoms with E-state index in [2.05, 4.69) is 4.98 Å². The molecule has 0 fully saturated rings. The Bertz CT molecular complexity index is 1390. The largest absolute Gasteiger partial charge is 0.308 e. The molecule has 4 aromatic rings. The fourth-order valence-electron chi connectivity index (χ4n) is 3.91. The van der Waals surface area contributed by atoms with Gasteiger partial charge in [-0.25, -0.2) is 4.98 Å². The molecule has 4 rings (SSSR count). The second-order valence-corrected chi connectivity index (χ2v) is 7.06. The lowest BCUT2D eigenvalue weighted by molar-refractivity contribution is -0.649. The quantitative estimate of drug-likeness (QED) is 0.484. The zero-order chi connectivity index (χ0) is 24.5. The van der Waals surface area contributed by atoms with E-state index in [-0.39, 0.29) is 5.69 Å². The standard InChI is InChI=1S/C23H27N4/c1-14-11-12-15(2)19(13-14)20-9-8-10-21(25(20)6)22-18(5)27-17(4)16(3)24-23(27)26(22)7/h8-13H,1-7H3/q+1/i1D3,3D3. The lowest BCUT2D eigenvalue weighted by Gasteiger charge is -2.10. The Hall–Kier alpha value is -2.88. The summed E-state index contributed by atoms with van der Waals surface area (Å²) in [5.74, 6) is 0.567. The number of imidazole rings is 2. The molecule has 0 atom stereocenters. The molecule has 0 spiro atoms. The van der Waals surface area contributed by atoms with Gasteiger partial charge in [0.25, 0.3) is 0 Å². The molecule has 0 N–H and O–H groups in total. The van der Waals surface area contributed by atoms with Crippen LogP contribution < -0.4 is 4.57 Å². The minimum atomic E-state index is -2.28. The van der Waals surface area contributed by atoms with Crippen LogP contribution in [0.4, 0.5) is 0 Å². The third kappa shape index (κ3) is 2.51. The maximum absolute atomic E-state index is 7.79. The number of nitrogens with zero attached hydrogens (tertiary/aromatic N) is 4. The Morgan fingerprint density at radius 1 is 1.00 bits per heavy atom. The first-order valence-corrected chi connectivity index (χ1v) is 8.89. The van der Waals surface area contributed by atoms with E-state index in [1.54, 1.807) is 19.1 Å². The minimum absolute atomic E-state index is 0.109. The molecule has 4 heteroatoms. The van der Waals surface area contributed by atoms with Crippen molar-refractivity contribution in [2.24, 2.45) is 14.1 Å². The van der Waals surface area contributed by atoms with Crippen molar-refractivity contribution in [1.29, 1.82) is 0 Å². The lowest BCUT2D eigenvalue weighted by atomic mass is 10.0. The molecular formula is C23H27N4+. The second kappa shape index (κ2) is 6.08. The van der Waals surface area contributed by atoms with Crippen LogP contribution in [-0.4, -0.2) is 14.0 Å². The van der Waals surface area contributed by atoms with Crippen LogP contribution in [0.1, 0.15) is 36.4 Å². The van der Waals surface area contributed by atoms with Gasteiger partial charge in [0.15, 0.2) is 0 Å². The maximum atomic E-state index is 7.79. The number of hydrogen-bond donors (Lipinski definition) is 0. The number of hydrogen-bond acceptors (Lipinski definition) is 1. The molecule has 3 aromatic heterocycles. The van der Waals surface area contributed by atoms with Crippen LogP contribution in [-0.2, 0) is 14.1 Å². The second-order valence-electron chi connectivity index (χ2n) is 7.06. The zero-order valence-corrected chi connectivity index (χ0v) is 16.3. The van der Waals surface area contributed by atoms with Crippen molar-refractivity contribution in [3.05, 3.63) is 64.6 Å². The third-order valence-electron chi connectivity index (χ3n) is 5.39. The van der Waals surface area contributed by atoms with E-state index in [1.807, 2.05) is 65.7 Å². The molecule has 27 heavy (non-hydrogen) atoms. The van der Waals surface area contributed by atoms with Gasteiger partial charge in [0.1, 0.15) is 12.7 Å². The Morgan fingerprint density at radius 3 is 2.48 bits per heavy atom. The number of benzene rings is 1. The summed E-state index contributed by atoms with van der Waals surface area (Å²) in [6, 6.07) is 11.1. The number of fused-ring (bicyclic) bond motifs is 1. The highest BCUT2D eigenvalue weighted by Gasteiger charge is 2.25. The summed E-state index contributed by atoms with van der Waals surface area (Å²) in [5, 5.41) is 0. The van der Waals surface area contributed by atoms with Crippen molar-refractivity contribution in [3.8, 4) is 22.6 Å². The highest BCUT2D eigenvalue weighted by atomic mass is 15.2. The Labute approximate surface area is 169 Å². The molecule has 3 heterocycles. The summed E-state index contributed by atoms with van der Waals surface area (Å²) in [6.45, 7) is 1.23. The molecule has 1 aromatic carbocycles. The van der Waals surface area contributed by atoms with Crippen LogP contribution in [0.5, 0.6) is 0 Å². The van der Waals surface area contributed by atoms with Gasteiger partial charge in [-0.15, -0.1) is 0 Å². The molecule has 0 amide bonds. The predicted octanol–water partition coefficient (Wildman–Crippen LogP) is 4.37. The Kier molecular flexibility index (Phi) is 2.65. The molecule has 0 unspecified atom stereocenters. The van der Waals surface area contributed by atoms with Crippen molar-refractivity contribution in [3.63, 3.8) is 0 Å².